The number of benzene rings is 2. The van der Waals surface area contributed by atoms with E-state index in [9.17, 15) is 8.42 Å². The van der Waals surface area contributed by atoms with Gasteiger partial charge < -0.3 is 14.4 Å². The summed E-state index contributed by atoms with van der Waals surface area (Å²) in [5.41, 5.74) is 1.67. The van der Waals surface area contributed by atoms with E-state index in [1.165, 1.54) is 11.8 Å². The van der Waals surface area contributed by atoms with Gasteiger partial charge in [-0.2, -0.15) is 0 Å². The zero-order chi connectivity index (χ0) is 20.9. The minimum absolute atomic E-state index is 0.0651. The maximum absolute atomic E-state index is 12.2. The Morgan fingerprint density at radius 3 is 2.57 bits per heavy atom. The molecule has 0 saturated carbocycles. The molecular weight excluding hydrogens is 467 g/mol. The monoisotopic (exact) mass is 484 g/mol. The Bertz CT molecular complexity index is 1120. The number of fused-ring (bicyclic) bond motifs is 2. The average molecular weight is 485 g/mol. The molecule has 0 N–H and O–H groups in total. The van der Waals surface area contributed by atoms with Gasteiger partial charge in [0, 0.05) is 27.6 Å². The Kier molecular flexibility index (Phi) is 5.29. The number of aliphatic imine (C=N–C) groups is 1. The smallest absolute Gasteiger partial charge is 0.164 e. The SMILES string of the molecule is O=S1(=O)CC2N=C(SCc3c(Cl)cccc3Cl)N(c3ccc4c(c3)OCCO4)C2C1. The Hall–Kier alpha value is -1.61. The number of sulfone groups is 1. The summed E-state index contributed by atoms with van der Waals surface area (Å²) in [4.78, 5) is 6.76. The fraction of sp³-hybridized carbons (Fsp3) is 0.350. The lowest BCUT2D eigenvalue weighted by molar-refractivity contribution is 0.171. The first-order valence-corrected chi connectivity index (χ1v) is 13.0. The van der Waals surface area contributed by atoms with Gasteiger partial charge in [-0.1, -0.05) is 41.0 Å². The molecule has 3 aliphatic heterocycles. The van der Waals surface area contributed by atoms with E-state index in [1.807, 2.05) is 29.2 Å². The predicted molar refractivity (Wildman–Crippen MR) is 121 cm³/mol. The van der Waals surface area contributed by atoms with Crippen molar-refractivity contribution in [2.75, 3.05) is 29.6 Å². The van der Waals surface area contributed by atoms with Gasteiger partial charge in [0.15, 0.2) is 26.5 Å². The van der Waals surface area contributed by atoms with E-state index in [1.54, 1.807) is 12.1 Å². The van der Waals surface area contributed by atoms with Crippen molar-refractivity contribution in [3.8, 4) is 11.5 Å². The Labute approximate surface area is 189 Å². The van der Waals surface area contributed by atoms with Crippen molar-refractivity contribution in [3.05, 3.63) is 52.0 Å². The molecule has 3 heterocycles. The largest absolute Gasteiger partial charge is 0.486 e. The zero-order valence-corrected chi connectivity index (χ0v) is 18.9. The fourth-order valence-electron chi connectivity index (χ4n) is 3.92. The first-order chi connectivity index (χ1) is 14.4. The molecule has 2 unspecified atom stereocenters. The number of thioether (sulfide) groups is 1. The second kappa shape index (κ2) is 7.82. The maximum Gasteiger partial charge on any atom is 0.164 e. The van der Waals surface area contributed by atoms with E-state index in [2.05, 4.69) is 0 Å². The lowest BCUT2D eigenvalue weighted by Gasteiger charge is -2.28. The highest BCUT2D eigenvalue weighted by Crippen LogP contribution is 2.41. The summed E-state index contributed by atoms with van der Waals surface area (Å²) in [5, 5.41) is 1.96. The summed E-state index contributed by atoms with van der Waals surface area (Å²) < 4.78 is 35.8. The summed E-state index contributed by atoms with van der Waals surface area (Å²) in [6, 6.07) is 10.6. The molecule has 5 rings (SSSR count). The van der Waals surface area contributed by atoms with E-state index in [0.29, 0.717) is 40.5 Å². The van der Waals surface area contributed by atoms with Gasteiger partial charge in [0.1, 0.15) is 13.2 Å². The van der Waals surface area contributed by atoms with Crippen LogP contribution in [-0.2, 0) is 15.6 Å². The van der Waals surface area contributed by atoms with Gasteiger partial charge in [-0.3, -0.25) is 4.99 Å². The number of ether oxygens (including phenoxy) is 2. The molecule has 0 aromatic heterocycles. The highest BCUT2D eigenvalue weighted by Gasteiger charge is 2.47. The summed E-state index contributed by atoms with van der Waals surface area (Å²) >= 11 is 14.1. The molecule has 0 radical (unpaired) electrons. The lowest BCUT2D eigenvalue weighted by Crippen LogP contribution is -2.39. The normalized spacial score (nSPS) is 23.9. The van der Waals surface area contributed by atoms with Gasteiger partial charge >= 0.3 is 0 Å². The van der Waals surface area contributed by atoms with Crippen molar-refractivity contribution in [1.29, 1.82) is 0 Å². The van der Waals surface area contributed by atoms with Gasteiger partial charge in [0.25, 0.3) is 0 Å². The van der Waals surface area contributed by atoms with Crippen molar-refractivity contribution in [2.45, 2.75) is 17.8 Å². The van der Waals surface area contributed by atoms with Crippen molar-refractivity contribution < 1.29 is 17.9 Å². The first-order valence-electron chi connectivity index (χ1n) is 9.44. The van der Waals surface area contributed by atoms with Gasteiger partial charge in [-0.25, -0.2) is 8.42 Å². The van der Waals surface area contributed by atoms with E-state index in [-0.39, 0.29) is 23.6 Å². The molecular formula is C20H18Cl2N2O4S2. The molecule has 0 spiro atoms. The third-order valence-corrected chi connectivity index (χ3v) is 8.72. The summed E-state index contributed by atoms with van der Waals surface area (Å²) in [6.07, 6.45) is 0. The second-order valence-electron chi connectivity index (χ2n) is 7.31. The quantitative estimate of drug-likeness (QED) is 0.654. The van der Waals surface area contributed by atoms with Crippen LogP contribution in [-0.4, -0.2) is 50.4 Å². The number of rotatable bonds is 3. The van der Waals surface area contributed by atoms with Crippen LogP contribution in [0.1, 0.15) is 5.56 Å². The minimum atomic E-state index is -3.12. The molecule has 0 aliphatic carbocycles. The van der Waals surface area contributed by atoms with Crippen LogP contribution in [0.4, 0.5) is 5.69 Å². The standard InChI is InChI=1S/C20H18Cl2N2O4S2/c21-14-2-1-3-15(22)13(14)9-29-20-23-16-10-30(25,26)11-17(16)24(20)12-4-5-18-19(8-12)28-7-6-27-18/h1-5,8,16-17H,6-7,9-11H2. The molecule has 158 valence electrons. The molecule has 2 aromatic rings. The molecule has 1 fully saturated rings. The molecule has 6 nitrogen and oxygen atoms in total. The van der Waals surface area contributed by atoms with Crippen LogP contribution in [0.5, 0.6) is 11.5 Å². The van der Waals surface area contributed by atoms with Gasteiger partial charge in [0.05, 0.1) is 23.6 Å². The van der Waals surface area contributed by atoms with Gasteiger partial charge in [0.2, 0.25) is 0 Å². The Morgan fingerprint density at radius 2 is 1.80 bits per heavy atom. The molecule has 10 heteroatoms. The van der Waals surface area contributed by atoms with Crippen molar-refractivity contribution >= 4 is 55.7 Å². The average Bonchev–Trinajstić information content (AvgIpc) is 3.18. The molecule has 30 heavy (non-hydrogen) atoms. The third-order valence-electron chi connectivity index (χ3n) is 5.32. The number of nitrogens with zero attached hydrogens (tertiary/aromatic N) is 2. The van der Waals surface area contributed by atoms with E-state index in [4.69, 9.17) is 37.7 Å². The maximum atomic E-state index is 12.2. The number of anilines is 1. The predicted octanol–water partition coefficient (Wildman–Crippen LogP) is 4.04. The van der Waals surface area contributed by atoms with Crippen LogP contribution in [0.15, 0.2) is 41.4 Å². The number of hydrogen-bond donors (Lipinski definition) is 0. The Morgan fingerprint density at radius 1 is 1.07 bits per heavy atom. The second-order valence-corrected chi connectivity index (χ2v) is 11.2. The van der Waals surface area contributed by atoms with Gasteiger partial charge in [-0.05, 0) is 29.8 Å². The van der Waals surface area contributed by atoms with Crippen LogP contribution in [0.3, 0.4) is 0 Å². The van der Waals surface area contributed by atoms with Crippen molar-refractivity contribution in [2.24, 2.45) is 4.99 Å². The van der Waals surface area contributed by atoms with Crippen LogP contribution >= 0.6 is 35.0 Å². The fourth-order valence-corrected chi connectivity index (χ4v) is 7.63. The summed E-state index contributed by atoms with van der Waals surface area (Å²) in [5.74, 6) is 2.02. The first kappa shape index (κ1) is 20.3. The minimum Gasteiger partial charge on any atom is -0.486 e. The lowest BCUT2D eigenvalue weighted by atomic mass is 10.1. The van der Waals surface area contributed by atoms with Crippen LogP contribution in [0.2, 0.25) is 10.0 Å². The number of halogens is 2. The molecule has 2 aromatic carbocycles. The number of amidine groups is 1. The van der Waals surface area contributed by atoms with Crippen molar-refractivity contribution in [3.63, 3.8) is 0 Å². The zero-order valence-electron chi connectivity index (χ0n) is 15.8. The highest BCUT2D eigenvalue weighted by atomic mass is 35.5. The number of hydrogen-bond acceptors (Lipinski definition) is 7. The molecule has 1 saturated heterocycles. The van der Waals surface area contributed by atoms with E-state index >= 15 is 0 Å². The van der Waals surface area contributed by atoms with Crippen LogP contribution < -0.4 is 14.4 Å². The van der Waals surface area contributed by atoms with Crippen LogP contribution in [0, 0.1) is 0 Å². The molecule has 3 aliphatic rings. The van der Waals surface area contributed by atoms with Gasteiger partial charge in [-0.15, -0.1) is 0 Å². The third kappa shape index (κ3) is 3.75. The van der Waals surface area contributed by atoms with E-state index in [0.717, 1.165) is 16.4 Å². The summed E-state index contributed by atoms with van der Waals surface area (Å²) in [6.45, 7) is 0.998. The molecule has 0 bridgehead atoms. The van der Waals surface area contributed by atoms with Crippen LogP contribution in [0.25, 0.3) is 0 Å². The summed E-state index contributed by atoms with van der Waals surface area (Å²) in [7, 11) is -3.12. The van der Waals surface area contributed by atoms with Crippen molar-refractivity contribution in [1.82, 2.24) is 0 Å². The highest BCUT2D eigenvalue weighted by molar-refractivity contribution is 8.13. The topological polar surface area (TPSA) is 68.2 Å². The van der Waals surface area contributed by atoms with E-state index < -0.39 is 9.84 Å². The molecule has 0 amide bonds. The Balaban J connectivity index is 1.47. The molecule has 2 atom stereocenters.